The van der Waals surface area contributed by atoms with Crippen molar-refractivity contribution in [2.45, 2.75) is 35.3 Å². The van der Waals surface area contributed by atoms with E-state index in [-0.39, 0.29) is 17.0 Å². The van der Waals surface area contributed by atoms with Gasteiger partial charge in [-0.05, 0) is 42.7 Å². The number of hydrogen-bond acceptors (Lipinski definition) is 3. The second-order valence-electron chi connectivity index (χ2n) is 5.72. The number of alkyl halides is 3. The van der Waals surface area contributed by atoms with Crippen molar-refractivity contribution in [3.63, 3.8) is 0 Å². The number of halogens is 4. The Labute approximate surface area is 145 Å². The quantitative estimate of drug-likeness (QED) is 0.628. The highest BCUT2D eigenvalue weighted by atomic mass is 32.2. The molecule has 1 aromatic heterocycles. The molecule has 1 saturated carbocycles. The molecule has 0 bridgehead atoms. The summed E-state index contributed by atoms with van der Waals surface area (Å²) in [6.45, 7) is 0. The van der Waals surface area contributed by atoms with Crippen molar-refractivity contribution >= 4 is 17.7 Å². The smallest absolute Gasteiger partial charge is 0.352 e. The fourth-order valence-corrected chi connectivity index (χ4v) is 3.12. The van der Waals surface area contributed by atoms with Gasteiger partial charge < -0.3 is 5.32 Å². The number of carbonyl (C=O) groups is 1. The first-order chi connectivity index (χ1) is 11.8. The fourth-order valence-electron chi connectivity index (χ4n) is 2.15. The highest BCUT2D eigenvalue weighted by molar-refractivity contribution is 8.00. The molecule has 8 heteroatoms. The Kier molecular flexibility index (Phi) is 4.99. The molecule has 2 aromatic rings. The Morgan fingerprint density at radius 2 is 1.84 bits per heavy atom. The lowest BCUT2D eigenvalue weighted by atomic mass is 10.1. The van der Waals surface area contributed by atoms with E-state index in [1.54, 1.807) is 0 Å². The van der Waals surface area contributed by atoms with Gasteiger partial charge in [-0.1, -0.05) is 23.9 Å². The van der Waals surface area contributed by atoms with Crippen molar-refractivity contribution in [3.05, 3.63) is 59.5 Å². The Balaban J connectivity index is 1.81. The van der Waals surface area contributed by atoms with Crippen LogP contribution in [0.3, 0.4) is 0 Å². The van der Waals surface area contributed by atoms with Gasteiger partial charge in [0, 0.05) is 12.2 Å². The number of carbonyl (C=O) groups excluding carboxylic acids is 1. The van der Waals surface area contributed by atoms with E-state index in [0.717, 1.165) is 36.9 Å². The second kappa shape index (κ2) is 7.03. The standard InChI is InChI=1S/C17H14F4N2OS/c18-12-4-1-10(2-5-12)15(16(24)23-13-6-7-13)25-14-8-3-11(9-22-14)17(19,20)21/h1-5,8-9,13,15H,6-7H2,(H,23,24). The van der Waals surface area contributed by atoms with Crippen LogP contribution in [0, 0.1) is 5.82 Å². The number of nitrogens with one attached hydrogen (secondary N) is 1. The minimum Gasteiger partial charge on any atom is -0.352 e. The number of hydrogen-bond donors (Lipinski definition) is 1. The van der Waals surface area contributed by atoms with Gasteiger partial charge in [-0.2, -0.15) is 13.2 Å². The van der Waals surface area contributed by atoms with Crippen LogP contribution in [-0.4, -0.2) is 16.9 Å². The molecule has 1 N–H and O–H groups in total. The molecule has 1 atom stereocenters. The van der Waals surface area contributed by atoms with Crippen LogP contribution in [-0.2, 0) is 11.0 Å². The molecule has 1 amide bonds. The molecule has 0 aliphatic heterocycles. The maximum atomic E-state index is 13.1. The van der Waals surface area contributed by atoms with Crippen molar-refractivity contribution in [2.75, 3.05) is 0 Å². The van der Waals surface area contributed by atoms with Gasteiger partial charge in [-0.25, -0.2) is 9.37 Å². The van der Waals surface area contributed by atoms with Gasteiger partial charge in [0.25, 0.3) is 0 Å². The van der Waals surface area contributed by atoms with E-state index in [2.05, 4.69) is 10.3 Å². The summed E-state index contributed by atoms with van der Waals surface area (Å²) in [5.74, 6) is -0.691. The minimum atomic E-state index is -4.46. The average Bonchev–Trinajstić information content (AvgIpc) is 3.37. The third kappa shape index (κ3) is 4.72. The second-order valence-corrected chi connectivity index (χ2v) is 6.84. The summed E-state index contributed by atoms with van der Waals surface area (Å²) in [7, 11) is 0. The van der Waals surface area contributed by atoms with Crippen LogP contribution >= 0.6 is 11.8 Å². The lowest BCUT2D eigenvalue weighted by molar-refractivity contribution is -0.137. The summed E-state index contributed by atoms with van der Waals surface area (Å²) in [6, 6.07) is 7.76. The lowest BCUT2D eigenvalue weighted by Crippen LogP contribution is -2.29. The molecule has 1 aliphatic carbocycles. The third-order valence-electron chi connectivity index (χ3n) is 3.64. The van der Waals surface area contributed by atoms with Crippen molar-refractivity contribution in [3.8, 4) is 0 Å². The number of pyridine rings is 1. The average molecular weight is 370 g/mol. The van der Waals surface area contributed by atoms with Crippen LogP contribution < -0.4 is 5.32 Å². The zero-order valence-electron chi connectivity index (χ0n) is 12.9. The summed E-state index contributed by atoms with van der Waals surface area (Å²) in [5, 5.41) is 2.43. The van der Waals surface area contributed by atoms with Gasteiger partial charge in [0.1, 0.15) is 11.1 Å². The molecule has 1 fully saturated rings. The molecule has 1 unspecified atom stereocenters. The van der Waals surface area contributed by atoms with E-state index >= 15 is 0 Å². The van der Waals surface area contributed by atoms with Crippen LogP contribution in [0.15, 0.2) is 47.6 Å². The first-order valence-electron chi connectivity index (χ1n) is 7.58. The molecule has 0 saturated heterocycles. The topological polar surface area (TPSA) is 42.0 Å². The number of benzene rings is 1. The molecule has 1 heterocycles. The van der Waals surface area contributed by atoms with Crippen LogP contribution in [0.5, 0.6) is 0 Å². The van der Waals surface area contributed by atoms with Gasteiger partial charge >= 0.3 is 6.18 Å². The van der Waals surface area contributed by atoms with E-state index in [0.29, 0.717) is 5.56 Å². The number of thioether (sulfide) groups is 1. The molecule has 1 aromatic carbocycles. The number of aromatic nitrogens is 1. The molecule has 1 aliphatic rings. The fraction of sp³-hybridized carbons (Fsp3) is 0.294. The molecule has 3 nitrogen and oxygen atoms in total. The zero-order chi connectivity index (χ0) is 18.0. The molecule has 0 spiro atoms. The van der Waals surface area contributed by atoms with Gasteiger partial charge in [-0.3, -0.25) is 4.79 Å². The van der Waals surface area contributed by atoms with Crippen LogP contribution in [0.1, 0.15) is 29.2 Å². The van der Waals surface area contributed by atoms with Crippen molar-refractivity contribution in [2.24, 2.45) is 0 Å². The van der Waals surface area contributed by atoms with Crippen LogP contribution in [0.2, 0.25) is 0 Å². The normalized spacial score (nSPS) is 15.7. The van der Waals surface area contributed by atoms with Gasteiger partial charge in [-0.15, -0.1) is 0 Å². The minimum absolute atomic E-state index is 0.136. The molecular formula is C17H14F4N2OS. The summed E-state index contributed by atoms with van der Waals surface area (Å²) >= 11 is 1.03. The maximum absolute atomic E-state index is 13.1. The highest BCUT2D eigenvalue weighted by Gasteiger charge is 2.32. The third-order valence-corrected chi connectivity index (χ3v) is 4.84. The van der Waals surface area contributed by atoms with E-state index in [9.17, 15) is 22.4 Å². The predicted octanol–water partition coefficient (Wildman–Crippen LogP) is 4.35. The summed E-state index contributed by atoms with van der Waals surface area (Å²) in [6.07, 6.45) is -1.91. The van der Waals surface area contributed by atoms with E-state index in [4.69, 9.17) is 0 Å². The van der Waals surface area contributed by atoms with E-state index < -0.39 is 22.8 Å². The summed E-state index contributed by atoms with van der Waals surface area (Å²) in [4.78, 5) is 16.3. The van der Waals surface area contributed by atoms with Crippen molar-refractivity contribution in [1.82, 2.24) is 10.3 Å². The Bertz CT molecular complexity index is 743. The first-order valence-corrected chi connectivity index (χ1v) is 8.46. The first kappa shape index (κ1) is 17.7. The molecule has 3 rings (SSSR count). The SMILES string of the molecule is O=C(NC1CC1)C(Sc1ccc(C(F)(F)F)cn1)c1ccc(F)cc1. The maximum Gasteiger partial charge on any atom is 0.417 e. The van der Waals surface area contributed by atoms with Gasteiger partial charge in [0.05, 0.1) is 10.6 Å². The Morgan fingerprint density at radius 3 is 2.36 bits per heavy atom. The van der Waals surface area contributed by atoms with E-state index in [1.165, 1.54) is 30.3 Å². The van der Waals surface area contributed by atoms with E-state index in [1.807, 2.05) is 0 Å². The van der Waals surface area contributed by atoms with Crippen LogP contribution in [0.25, 0.3) is 0 Å². The monoisotopic (exact) mass is 370 g/mol. The van der Waals surface area contributed by atoms with Crippen molar-refractivity contribution < 1.29 is 22.4 Å². The van der Waals surface area contributed by atoms with Crippen LogP contribution in [0.4, 0.5) is 17.6 Å². The predicted molar refractivity (Wildman–Crippen MR) is 85.4 cm³/mol. The Morgan fingerprint density at radius 1 is 1.16 bits per heavy atom. The highest BCUT2D eigenvalue weighted by Crippen LogP contribution is 2.37. The lowest BCUT2D eigenvalue weighted by Gasteiger charge is -2.17. The van der Waals surface area contributed by atoms with Gasteiger partial charge in [0.2, 0.25) is 5.91 Å². The molecule has 132 valence electrons. The number of nitrogens with zero attached hydrogens (tertiary/aromatic N) is 1. The largest absolute Gasteiger partial charge is 0.417 e. The number of rotatable bonds is 5. The van der Waals surface area contributed by atoms with Gasteiger partial charge in [0.15, 0.2) is 0 Å². The summed E-state index contributed by atoms with van der Waals surface area (Å²) < 4.78 is 51.0. The molecular weight excluding hydrogens is 356 g/mol. The summed E-state index contributed by atoms with van der Waals surface area (Å²) in [5.41, 5.74) is -0.288. The molecule has 0 radical (unpaired) electrons. The van der Waals surface area contributed by atoms with Crippen molar-refractivity contribution in [1.29, 1.82) is 0 Å². The number of amides is 1. The molecule has 25 heavy (non-hydrogen) atoms. The Hall–Kier alpha value is -2.09. The zero-order valence-corrected chi connectivity index (χ0v) is 13.7.